The molecular weight excluding hydrogens is 268 g/mol. The molecule has 1 aromatic carbocycles. The van der Waals surface area contributed by atoms with Gasteiger partial charge in [0.15, 0.2) is 0 Å². The van der Waals surface area contributed by atoms with Crippen LogP contribution in [0, 0.1) is 0 Å². The topological polar surface area (TPSA) is 128 Å². The molecule has 2 heterocycles. The van der Waals surface area contributed by atoms with E-state index < -0.39 is 15.2 Å². The molecular formula is C10H8N6O2S. The zero-order valence-corrected chi connectivity index (χ0v) is 10.3. The highest BCUT2D eigenvalue weighted by atomic mass is 32.2. The second kappa shape index (κ2) is 4.07. The van der Waals surface area contributed by atoms with Crippen LogP contribution in [0.15, 0.2) is 35.6 Å². The second-order valence-corrected chi connectivity index (χ2v) is 5.23. The maximum absolute atomic E-state index is 11.1. The van der Waals surface area contributed by atoms with Crippen LogP contribution >= 0.6 is 0 Å². The molecule has 3 N–H and O–H groups in total. The predicted molar refractivity (Wildman–Crippen MR) is 66.3 cm³/mol. The SMILES string of the molecule is NS(=O)(=O)c1nc(-c2cnc3ccccc3n2)n[nH]1. The Morgan fingerprint density at radius 3 is 2.53 bits per heavy atom. The second-order valence-electron chi connectivity index (χ2n) is 3.75. The van der Waals surface area contributed by atoms with Crippen molar-refractivity contribution in [2.45, 2.75) is 5.16 Å². The number of benzene rings is 1. The Bertz CT molecular complexity index is 857. The molecule has 96 valence electrons. The van der Waals surface area contributed by atoms with E-state index >= 15 is 0 Å². The molecule has 9 heteroatoms. The molecule has 19 heavy (non-hydrogen) atoms. The fourth-order valence-electron chi connectivity index (χ4n) is 1.55. The fraction of sp³-hybridized carbons (Fsp3) is 0. The number of primary sulfonamides is 1. The first-order chi connectivity index (χ1) is 9.04. The number of aromatic amines is 1. The van der Waals surface area contributed by atoms with Crippen molar-refractivity contribution in [3.63, 3.8) is 0 Å². The third-order valence-electron chi connectivity index (χ3n) is 2.41. The number of para-hydroxylation sites is 2. The molecule has 0 amide bonds. The average Bonchev–Trinajstić information content (AvgIpc) is 2.87. The summed E-state index contributed by atoms with van der Waals surface area (Å²) in [6, 6.07) is 7.29. The molecule has 0 saturated carbocycles. The van der Waals surface area contributed by atoms with Crippen LogP contribution in [0.4, 0.5) is 0 Å². The van der Waals surface area contributed by atoms with Gasteiger partial charge in [-0.2, -0.15) is 10.1 Å². The summed E-state index contributed by atoms with van der Waals surface area (Å²) >= 11 is 0. The Hall–Kier alpha value is -2.39. The number of H-pyrrole nitrogens is 1. The van der Waals surface area contributed by atoms with Gasteiger partial charge in [-0.15, -0.1) is 0 Å². The maximum atomic E-state index is 11.1. The quantitative estimate of drug-likeness (QED) is 0.681. The Kier molecular flexibility index (Phi) is 2.50. The van der Waals surface area contributed by atoms with Gasteiger partial charge < -0.3 is 0 Å². The van der Waals surface area contributed by atoms with Crippen LogP contribution in [0.3, 0.4) is 0 Å². The van der Waals surface area contributed by atoms with Gasteiger partial charge >= 0.3 is 0 Å². The molecule has 8 nitrogen and oxygen atoms in total. The summed E-state index contributed by atoms with van der Waals surface area (Å²) in [6.07, 6.45) is 1.47. The van der Waals surface area contributed by atoms with Crippen molar-refractivity contribution < 1.29 is 8.42 Å². The van der Waals surface area contributed by atoms with Crippen LogP contribution in [-0.2, 0) is 10.0 Å². The average molecular weight is 276 g/mol. The first kappa shape index (κ1) is 11.7. The number of nitrogens with zero attached hydrogens (tertiary/aromatic N) is 4. The summed E-state index contributed by atoms with van der Waals surface area (Å²) < 4.78 is 22.2. The number of hydrogen-bond donors (Lipinski definition) is 2. The Balaban J connectivity index is 2.11. The van der Waals surface area contributed by atoms with E-state index in [9.17, 15) is 8.42 Å². The van der Waals surface area contributed by atoms with Crippen LogP contribution in [0.1, 0.15) is 0 Å². The maximum Gasteiger partial charge on any atom is 0.273 e. The lowest BCUT2D eigenvalue weighted by atomic mass is 10.3. The van der Waals surface area contributed by atoms with E-state index in [0.717, 1.165) is 5.52 Å². The van der Waals surface area contributed by atoms with Crippen LogP contribution in [-0.4, -0.2) is 33.6 Å². The summed E-state index contributed by atoms with van der Waals surface area (Å²) in [5, 5.41) is 10.5. The zero-order valence-electron chi connectivity index (χ0n) is 9.48. The summed E-state index contributed by atoms with van der Waals surface area (Å²) in [5.41, 5.74) is 1.76. The van der Waals surface area contributed by atoms with Gasteiger partial charge in [0.2, 0.25) is 5.82 Å². The van der Waals surface area contributed by atoms with Crippen molar-refractivity contribution >= 4 is 21.1 Å². The number of rotatable bonds is 2. The molecule has 0 spiro atoms. The number of fused-ring (bicyclic) bond motifs is 1. The molecule has 0 bridgehead atoms. The first-order valence-electron chi connectivity index (χ1n) is 5.21. The Morgan fingerprint density at radius 1 is 1.11 bits per heavy atom. The normalized spacial score (nSPS) is 11.8. The third-order valence-corrected chi connectivity index (χ3v) is 3.13. The predicted octanol–water partition coefficient (Wildman–Crippen LogP) is 0.0623. The van der Waals surface area contributed by atoms with Crippen molar-refractivity contribution in [2.24, 2.45) is 5.14 Å². The van der Waals surface area contributed by atoms with Gasteiger partial charge in [0, 0.05) is 0 Å². The molecule has 0 saturated heterocycles. The highest BCUT2D eigenvalue weighted by Gasteiger charge is 2.16. The van der Waals surface area contributed by atoms with Crippen molar-refractivity contribution in [1.82, 2.24) is 25.1 Å². The molecule has 0 fully saturated rings. The third kappa shape index (κ3) is 2.16. The highest BCUT2D eigenvalue weighted by molar-refractivity contribution is 7.89. The lowest BCUT2D eigenvalue weighted by molar-refractivity contribution is 0.589. The van der Waals surface area contributed by atoms with Gasteiger partial charge in [0.1, 0.15) is 5.69 Å². The number of hydrogen-bond acceptors (Lipinski definition) is 6. The van der Waals surface area contributed by atoms with E-state index in [1.165, 1.54) is 6.20 Å². The van der Waals surface area contributed by atoms with Crippen LogP contribution in [0.25, 0.3) is 22.6 Å². The van der Waals surface area contributed by atoms with E-state index in [2.05, 4.69) is 25.1 Å². The fourth-order valence-corrected chi connectivity index (χ4v) is 1.94. The minimum atomic E-state index is -3.91. The molecule has 0 aliphatic heterocycles. The largest absolute Gasteiger partial charge is 0.273 e. The van der Waals surface area contributed by atoms with E-state index in [0.29, 0.717) is 11.2 Å². The summed E-state index contributed by atoms with van der Waals surface area (Å²) in [6.45, 7) is 0. The Morgan fingerprint density at radius 2 is 1.84 bits per heavy atom. The molecule has 0 aliphatic rings. The van der Waals surface area contributed by atoms with Crippen molar-refractivity contribution in [3.8, 4) is 11.5 Å². The lowest BCUT2D eigenvalue weighted by Gasteiger charge is -1.97. The molecule has 0 atom stereocenters. The van der Waals surface area contributed by atoms with Crippen molar-refractivity contribution in [1.29, 1.82) is 0 Å². The minimum Gasteiger partial charge on any atom is -0.252 e. The van der Waals surface area contributed by atoms with Gasteiger partial charge in [-0.1, -0.05) is 12.1 Å². The van der Waals surface area contributed by atoms with E-state index in [4.69, 9.17) is 5.14 Å². The summed E-state index contributed by atoms with van der Waals surface area (Å²) in [5.74, 6) is 0.127. The molecule has 3 aromatic rings. The molecule has 0 radical (unpaired) electrons. The number of nitrogens with one attached hydrogen (secondary N) is 1. The standard InChI is InChI=1S/C10H8N6O2S/c11-19(17,18)10-14-9(15-16-10)8-5-12-6-3-1-2-4-7(6)13-8/h1-5H,(H2,11,17,18)(H,14,15,16). The summed E-state index contributed by atoms with van der Waals surface area (Å²) in [4.78, 5) is 12.3. The number of nitrogens with two attached hydrogens (primary N) is 1. The van der Waals surface area contributed by atoms with Gasteiger partial charge in [-0.3, -0.25) is 4.98 Å². The number of aromatic nitrogens is 5. The summed E-state index contributed by atoms with van der Waals surface area (Å²) in [7, 11) is -3.91. The molecule has 0 unspecified atom stereocenters. The van der Waals surface area contributed by atoms with Crippen LogP contribution < -0.4 is 5.14 Å². The smallest absolute Gasteiger partial charge is 0.252 e. The monoisotopic (exact) mass is 276 g/mol. The van der Waals surface area contributed by atoms with Gasteiger partial charge in [0.25, 0.3) is 15.2 Å². The number of sulfonamides is 1. The van der Waals surface area contributed by atoms with Gasteiger partial charge in [-0.05, 0) is 12.1 Å². The lowest BCUT2D eigenvalue weighted by Crippen LogP contribution is -2.13. The van der Waals surface area contributed by atoms with Gasteiger partial charge in [0.05, 0.1) is 17.2 Å². The van der Waals surface area contributed by atoms with E-state index in [1.54, 1.807) is 6.07 Å². The minimum absolute atomic E-state index is 0.127. The first-order valence-corrected chi connectivity index (χ1v) is 6.76. The molecule has 3 rings (SSSR count). The highest BCUT2D eigenvalue weighted by Crippen LogP contribution is 2.15. The molecule has 2 aromatic heterocycles. The van der Waals surface area contributed by atoms with Crippen LogP contribution in [0.5, 0.6) is 0 Å². The van der Waals surface area contributed by atoms with Crippen LogP contribution in [0.2, 0.25) is 0 Å². The molecule has 0 aliphatic carbocycles. The van der Waals surface area contributed by atoms with Gasteiger partial charge in [-0.25, -0.2) is 23.6 Å². The van der Waals surface area contributed by atoms with Crippen molar-refractivity contribution in [3.05, 3.63) is 30.5 Å². The Labute approximate surface area is 107 Å². The zero-order chi connectivity index (χ0) is 13.5. The van der Waals surface area contributed by atoms with E-state index in [1.807, 2.05) is 18.2 Å². The van der Waals surface area contributed by atoms with Crippen molar-refractivity contribution in [2.75, 3.05) is 0 Å². The van der Waals surface area contributed by atoms with E-state index in [-0.39, 0.29) is 5.82 Å².